The second-order valence-electron chi connectivity index (χ2n) is 7.76. The Labute approximate surface area is 204 Å². The van der Waals surface area contributed by atoms with Gasteiger partial charge in [-0.15, -0.1) is 0 Å². The van der Waals surface area contributed by atoms with Gasteiger partial charge < -0.3 is 14.8 Å². The van der Waals surface area contributed by atoms with Crippen LogP contribution in [-0.4, -0.2) is 48.4 Å². The van der Waals surface area contributed by atoms with Gasteiger partial charge in [0.1, 0.15) is 5.75 Å². The van der Waals surface area contributed by atoms with Crippen molar-refractivity contribution in [1.82, 2.24) is 4.90 Å². The summed E-state index contributed by atoms with van der Waals surface area (Å²) in [5.41, 5.74) is 1.19. The molecule has 4 rings (SSSR count). The third-order valence-corrected chi connectivity index (χ3v) is 5.38. The minimum absolute atomic E-state index is 0.0175. The van der Waals surface area contributed by atoms with Crippen LogP contribution in [0.25, 0.3) is 0 Å². The van der Waals surface area contributed by atoms with E-state index in [0.29, 0.717) is 6.42 Å². The van der Waals surface area contributed by atoms with Gasteiger partial charge in [-0.25, -0.2) is 4.79 Å². The van der Waals surface area contributed by atoms with Crippen molar-refractivity contribution in [2.75, 3.05) is 18.5 Å². The van der Waals surface area contributed by atoms with E-state index >= 15 is 0 Å². The van der Waals surface area contributed by atoms with E-state index in [2.05, 4.69) is 10.1 Å². The standard InChI is InChI=1S/C26H20F2N2O6/c27-26(28)36-21-9-5-4-8-20(21)29-22(31)15-35-25(34)17-10-11-18-19(14-17)24(33)30(23(18)32)13-12-16-6-2-1-3-7-16/h1-11,14,26H,12-13,15H2,(H,29,31). The van der Waals surface area contributed by atoms with Crippen molar-refractivity contribution in [1.29, 1.82) is 0 Å². The zero-order valence-electron chi connectivity index (χ0n) is 18.8. The topological polar surface area (TPSA) is 102 Å². The molecule has 0 spiro atoms. The zero-order valence-corrected chi connectivity index (χ0v) is 18.8. The SMILES string of the molecule is O=C(COC(=O)c1ccc2c(c1)C(=O)N(CCc1ccccc1)C2=O)Nc1ccccc1OC(F)F. The first-order valence-corrected chi connectivity index (χ1v) is 10.9. The molecule has 0 aliphatic carbocycles. The lowest BCUT2D eigenvalue weighted by Crippen LogP contribution is -2.31. The van der Waals surface area contributed by atoms with E-state index in [1.807, 2.05) is 30.3 Å². The molecule has 0 bridgehead atoms. The first-order chi connectivity index (χ1) is 17.3. The van der Waals surface area contributed by atoms with Gasteiger partial charge in [-0.2, -0.15) is 8.78 Å². The van der Waals surface area contributed by atoms with E-state index in [9.17, 15) is 28.0 Å². The normalized spacial score (nSPS) is 12.5. The van der Waals surface area contributed by atoms with Crippen molar-refractivity contribution >= 4 is 29.4 Å². The third kappa shape index (κ3) is 5.54. The highest BCUT2D eigenvalue weighted by Gasteiger charge is 2.35. The number of nitrogens with one attached hydrogen (secondary N) is 1. The maximum atomic E-state index is 12.8. The average molecular weight is 494 g/mol. The molecular formula is C26H20F2N2O6. The fourth-order valence-electron chi connectivity index (χ4n) is 3.68. The van der Waals surface area contributed by atoms with Crippen LogP contribution in [0.1, 0.15) is 36.6 Å². The Morgan fingerprint density at radius 3 is 2.33 bits per heavy atom. The number of esters is 1. The number of para-hydroxylation sites is 2. The minimum atomic E-state index is -3.08. The average Bonchev–Trinajstić information content (AvgIpc) is 3.11. The van der Waals surface area contributed by atoms with Crippen LogP contribution in [0, 0.1) is 0 Å². The molecule has 0 unspecified atom stereocenters. The summed E-state index contributed by atoms with van der Waals surface area (Å²) in [6, 6.07) is 18.9. The Morgan fingerprint density at radius 2 is 1.58 bits per heavy atom. The number of carbonyl (C=O) groups is 4. The summed E-state index contributed by atoms with van der Waals surface area (Å²) >= 11 is 0. The molecule has 36 heavy (non-hydrogen) atoms. The molecule has 0 radical (unpaired) electrons. The van der Waals surface area contributed by atoms with Gasteiger partial charge in [0.2, 0.25) is 0 Å². The maximum Gasteiger partial charge on any atom is 0.387 e. The van der Waals surface area contributed by atoms with Crippen molar-refractivity contribution in [2.45, 2.75) is 13.0 Å². The van der Waals surface area contributed by atoms with Crippen molar-refractivity contribution in [3.05, 3.63) is 95.1 Å². The summed E-state index contributed by atoms with van der Waals surface area (Å²) in [5, 5.41) is 2.33. The molecule has 3 aromatic rings. The van der Waals surface area contributed by atoms with Crippen molar-refractivity contribution in [3.8, 4) is 5.75 Å². The Hall–Kier alpha value is -4.60. The molecule has 0 saturated heterocycles. The molecule has 1 aliphatic rings. The lowest BCUT2D eigenvalue weighted by atomic mass is 10.1. The molecule has 0 atom stereocenters. The summed E-state index contributed by atoms with van der Waals surface area (Å²) in [6.07, 6.45) is 0.488. The maximum absolute atomic E-state index is 12.8. The number of hydrogen-bond donors (Lipinski definition) is 1. The van der Waals surface area contributed by atoms with Crippen LogP contribution in [0.15, 0.2) is 72.8 Å². The molecule has 3 aromatic carbocycles. The predicted octanol–water partition coefficient (Wildman–Crippen LogP) is 3.92. The van der Waals surface area contributed by atoms with Gasteiger partial charge in [0.05, 0.1) is 22.4 Å². The van der Waals surface area contributed by atoms with Crippen molar-refractivity contribution in [3.63, 3.8) is 0 Å². The molecule has 1 aliphatic heterocycles. The van der Waals surface area contributed by atoms with E-state index in [0.717, 1.165) is 10.5 Å². The molecule has 1 N–H and O–H groups in total. The van der Waals surface area contributed by atoms with Crippen LogP contribution in [0.2, 0.25) is 0 Å². The van der Waals surface area contributed by atoms with Gasteiger partial charge in [-0.05, 0) is 42.3 Å². The fourth-order valence-corrected chi connectivity index (χ4v) is 3.68. The molecule has 3 amide bonds. The largest absolute Gasteiger partial charge is 0.452 e. The fraction of sp³-hybridized carbons (Fsp3) is 0.154. The van der Waals surface area contributed by atoms with E-state index in [1.54, 1.807) is 0 Å². The number of benzene rings is 3. The molecule has 0 saturated carbocycles. The number of fused-ring (bicyclic) bond motifs is 1. The van der Waals surface area contributed by atoms with Crippen LogP contribution in [0.4, 0.5) is 14.5 Å². The zero-order chi connectivity index (χ0) is 25.7. The van der Waals surface area contributed by atoms with Crippen LogP contribution >= 0.6 is 0 Å². The summed E-state index contributed by atoms with van der Waals surface area (Å²) in [4.78, 5) is 51.2. The lowest BCUT2D eigenvalue weighted by molar-refractivity contribution is -0.119. The summed E-state index contributed by atoms with van der Waals surface area (Å²) in [6.45, 7) is -3.60. The van der Waals surface area contributed by atoms with Gasteiger partial charge in [-0.1, -0.05) is 42.5 Å². The van der Waals surface area contributed by atoms with Crippen LogP contribution in [0.5, 0.6) is 5.75 Å². The number of imide groups is 1. The number of carbonyl (C=O) groups excluding carboxylic acids is 4. The molecule has 10 heteroatoms. The molecule has 0 fully saturated rings. The quantitative estimate of drug-likeness (QED) is 0.357. The Bertz CT molecular complexity index is 1310. The van der Waals surface area contributed by atoms with E-state index < -0.39 is 36.9 Å². The Balaban J connectivity index is 1.36. The smallest absolute Gasteiger partial charge is 0.387 e. The number of amides is 3. The highest BCUT2D eigenvalue weighted by molar-refractivity contribution is 6.22. The second kappa shape index (κ2) is 10.8. The van der Waals surface area contributed by atoms with Gasteiger partial charge in [0.25, 0.3) is 17.7 Å². The number of hydrogen-bond acceptors (Lipinski definition) is 6. The van der Waals surface area contributed by atoms with Crippen LogP contribution in [-0.2, 0) is 16.0 Å². The summed E-state index contributed by atoms with van der Waals surface area (Å²) in [5.74, 6) is -2.89. The second-order valence-corrected chi connectivity index (χ2v) is 7.76. The number of anilines is 1. The van der Waals surface area contributed by atoms with Crippen molar-refractivity contribution in [2.24, 2.45) is 0 Å². The number of rotatable bonds is 9. The third-order valence-electron chi connectivity index (χ3n) is 5.38. The van der Waals surface area contributed by atoms with E-state index in [1.165, 1.54) is 42.5 Å². The molecule has 184 valence electrons. The summed E-state index contributed by atoms with van der Waals surface area (Å²) < 4.78 is 34.4. The predicted molar refractivity (Wildman–Crippen MR) is 124 cm³/mol. The molecule has 0 aromatic heterocycles. The van der Waals surface area contributed by atoms with Gasteiger partial charge in [-0.3, -0.25) is 19.3 Å². The highest BCUT2D eigenvalue weighted by Crippen LogP contribution is 2.26. The minimum Gasteiger partial charge on any atom is -0.452 e. The van der Waals surface area contributed by atoms with Gasteiger partial charge in [0.15, 0.2) is 6.61 Å². The summed E-state index contributed by atoms with van der Waals surface area (Å²) in [7, 11) is 0. The number of ether oxygens (including phenoxy) is 2. The van der Waals surface area contributed by atoms with Gasteiger partial charge >= 0.3 is 12.6 Å². The number of halogens is 2. The first kappa shape index (κ1) is 24.5. The van der Waals surface area contributed by atoms with E-state index in [4.69, 9.17) is 4.74 Å². The van der Waals surface area contributed by atoms with Crippen molar-refractivity contribution < 1.29 is 37.4 Å². The lowest BCUT2D eigenvalue weighted by Gasteiger charge is -2.13. The number of alkyl halides is 2. The van der Waals surface area contributed by atoms with E-state index in [-0.39, 0.29) is 34.7 Å². The van der Waals surface area contributed by atoms with Crippen LogP contribution < -0.4 is 10.1 Å². The first-order valence-electron chi connectivity index (χ1n) is 10.9. The highest BCUT2D eigenvalue weighted by atomic mass is 19.3. The number of nitrogens with zero attached hydrogens (tertiary/aromatic N) is 1. The van der Waals surface area contributed by atoms with Crippen LogP contribution in [0.3, 0.4) is 0 Å². The molecule has 1 heterocycles. The Morgan fingerprint density at radius 1 is 0.889 bits per heavy atom. The monoisotopic (exact) mass is 494 g/mol. The molecule has 8 nitrogen and oxygen atoms in total. The van der Waals surface area contributed by atoms with Gasteiger partial charge in [0, 0.05) is 6.54 Å². The molecular weight excluding hydrogens is 474 g/mol. The Kier molecular flexibility index (Phi) is 7.33.